The number of hydrogen-bond acceptors (Lipinski definition) is 5. The van der Waals surface area contributed by atoms with Gasteiger partial charge in [-0.2, -0.15) is 13.2 Å². The Hall–Kier alpha value is -2.69. The molecule has 2 rings (SSSR count). The SMILES string of the molecule is O=C(CCc1ccc(NC(=O)C(F)(F)F)c([N+](=O)[O-])c1)N1CCOCC1. The van der Waals surface area contributed by atoms with E-state index in [2.05, 4.69) is 0 Å². The van der Waals surface area contributed by atoms with E-state index < -0.39 is 28.4 Å². The fourth-order valence-corrected chi connectivity index (χ4v) is 2.40. The number of aryl methyl sites for hydroxylation is 1. The molecule has 0 radical (unpaired) electrons. The molecule has 11 heteroatoms. The molecule has 26 heavy (non-hydrogen) atoms. The minimum atomic E-state index is -5.16. The van der Waals surface area contributed by atoms with Crippen molar-refractivity contribution < 1.29 is 32.4 Å². The van der Waals surface area contributed by atoms with Crippen molar-refractivity contribution in [2.24, 2.45) is 0 Å². The van der Waals surface area contributed by atoms with Gasteiger partial charge in [0.1, 0.15) is 5.69 Å². The minimum absolute atomic E-state index is 0.103. The summed E-state index contributed by atoms with van der Waals surface area (Å²) in [7, 11) is 0. The summed E-state index contributed by atoms with van der Waals surface area (Å²) in [6.07, 6.45) is -4.87. The molecule has 8 nitrogen and oxygen atoms in total. The number of nitrogens with one attached hydrogen (secondary N) is 1. The lowest BCUT2D eigenvalue weighted by Gasteiger charge is -2.26. The number of nitrogens with zero attached hydrogens (tertiary/aromatic N) is 2. The van der Waals surface area contributed by atoms with Crippen LogP contribution in [0.4, 0.5) is 24.5 Å². The van der Waals surface area contributed by atoms with Crippen molar-refractivity contribution in [3.8, 4) is 0 Å². The predicted molar refractivity (Wildman–Crippen MR) is 83.5 cm³/mol. The van der Waals surface area contributed by atoms with Crippen LogP contribution in [-0.4, -0.2) is 54.1 Å². The summed E-state index contributed by atoms with van der Waals surface area (Å²) in [6, 6.07) is 3.42. The van der Waals surface area contributed by atoms with Gasteiger partial charge in [-0.15, -0.1) is 0 Å². The molecule has 0 spiro atoms. The zero-order valence-corrected chi connectivity index (χ0v) is 13.5. The Kier molecular flexibility index (Phi) is 6.14. The number of anilines is 1. The van der Waals surface area contributed by atoms with Crippen molar-refractivity contribution in [1.29, 1.82) is 0 Å². The average Bonchev–Trinajstić information content (AvgIpc) is 2.60. The molecular formula is C15H16F3N3O5. The summed E-state index contributed by atoms with van der Waals surface area (Å²) in [4.78, 5) is 34.8. The number of nitro groups is 1. The first-order chi connectivity index (χ1) is 12.2. The van der Waals surface area contributed by atoms with Crippen LogP contribution in [0.25, 0.3) is 0 Å². The normalized spacial score (nSPS) is 14.8. The van der Waals surface area contributed by atoms with Gasteiger partial charge < -0.3 is 15.0 Å². The third kappa shape index (κ3) is 5.15. The summed E-state index contributed by atoms with van der Waals surface area (Å²) in [5, 5.41) is 12.6. The number of alkyl halides is 3. The van der Waals surface area contributed by atoms with E-state index in [4.69, 9.17) is 4.74 Å². The summed E-state index contributed by atoms with van der Waals surface area (Å²) in [5.41, 5.74) is -0.817. The summed E-state index contributed by atoms with van der Waals surface area (Å²) in [6.45, 7) is 1.85. The summed E-state index contributed by atoms with van der Waals surface area (Å²) < 4.78 is 42.0. The lowest BCUT2D eigenvalue weighted by atomic mass is 10.1. The second kappa shape index (κ2) is 8.13. The molecular weight excluding hydrogens is 359 g/mol. The Morgan fingerprint density at radius 2 is 1.92 bits per heavy atom. The van der Waals surface area contributed by atoms with Crippen LogP contribution < -0.4 is 5.32 Å². The van der Waals surface area contributed by atoms with Gasteiger partial charge in [-0.25, -0.2) is 0 Å². The van der Waals surface area contributed by atoms with Gasteiger partial charge in [0.25, 0.3) is 5.69 Å². The van der Waals surface area contributed by atoms with Crippen LogP contribution in [0.5, 0.6) is 0 Å². The molecule has 1 aliphatic rings. The topological polar surface area (TPSA) is 102 Å². The molecule has 142 valence electrons. The molecule has 1 saturated heterocycles. The van der Waals surface area contributed by atoms with Gasteiger partial charge in [-0.1, -0.05) is 6.07 Å². The van der Waals surface area contributed by atoms with E-state index in [1.165, 1.54) is 11.4 Å². The molecule has 1 heterocycles. The maximum atomic E-state index is 12.3. The van der Waals surface area contributed by atoms with Crippen LogP contribution in [0.2, 0.25) is 0 Å². The van der Waals surface area contributed by atoms with Gasteiger partial charge in [0.15, 0.2) is 0 Å². The quantitative estimate of drug-likeness (QED) is 0.626. The van der Waals surface area contributed by atoms with Crippen molar-refractivity contribution in [2.75, 3.05) is 31.6 Å². The highest BCUT2D eigenvalue weighted by Crippen LogP contribution is 2.28. The molecule has 1 fully saturated rings. The van der Waals surface area contributed by atoms with Crippen LogP contribution in [0.15, 0.2) is 18.2 Å². The fraction of sp³-hybridized carbons (Fsp3) is 0.467. The molecule has 0 aliphatic carbocycles. The van der Waals surface area contributed by atoms with Crippen LogP contribution >= 0.6 is 0 Å². The standard InChI is InChI=1S/C15H16F3N3O5/c16-15(17,18)14(23)19-11-3-1-10(9-12(11)21(24)25)2-4-13(22)20-5-7-26-8-6-20/h1,3,9H,2,4-8H2,(H,19,23). The average molecular weight is 375 g/mol. The first kappa shape index (κ1) is 19.6. The predicted octanol–water partition coefficient (Wildman–Crippen LogP) is 1.89. The maximum Gasteiger partial charge on any atom is 0.471 e. The van der Waals surface area contributed by atoms with Gasteiger partial charge in [0.2, 0.25) is 5.91 Å². The third-order valence-corrected chi connectivity index (χ3v) is 3.76. The number of ether oxygens (including phenoxy) is 1. The first-order valence-electron chi connectivity index (χ1n) is 7.69. The molecule has 1 aromatic carbocycles. The maximum absolute atomic E-state index is 12.3. The van der Waals surface area contributed by atoms with Gasteiger partial charge in [-0.3, -0.25) is 19.7 Å². The molecule has 0 bridgehead atoms. The van der Waals surface area contributed by atoms with Crippen LogP contribution in [0.3, 0.4) is 0 Å². The van der Waals surface area contributed by atoms with Crippen molar-refractivity contribution in [3.05, 3.63) is 33.9 Å². The number of benzene rings is 1. The highest BCUT2D eigenvalue weighted by Gasteiger charge is 2.39. The highest BCUT2D eigenvalue weighted by atomic mass is 19.4. The van der Waals surface area contributed by atoms with E-state index in [0.29, 0.717) is 31.9 Å². The van der Waals surface area contributed by atoms with Crippen molar-refractivity contribution in [1.82, 2.24) is 4.90 Å². The van der Waals surface area contributed by atoms with Crippen molar-refractivity contribution >= 4 is 23.2 Å². The molecule has 1 aromatic rings. The van der Waals surface area contributed by atoms with Gasteiger partial charge in [0.05, 0.1) is 18.1 Å². The Balaban J connectivity index is 2.06. The molecule has 0 aromatic heterocycles. The van der Waals surface area contributed by atoms with Crippen molar-refractivity contribution in [3.63, 3.8) is 0 Å². The van der Waals surface area contributed by atoms with Gasteiger partial charge in [0, 0.05) is 25.6 Å². The lowest BCUT2D eigenvalue weighted by Crippen LogP contribution is -2.40. The molecule has 0 saturated carbocycles. The highest BCUT2D eigenvalue weighted by molar-refractivity contribution is 5.96. The molecule has 0 unspecified atom stereocenters. The number of carbonyl (C=O) groups excluding carboxylic acids is 2. The number of carbonyl (C=O) groups is 2. The van der Waals surface area contributed by atoms with E-state index in [9.17, 15) is 32.9 Å². The molecule has 0 atom stereocenters. The third-order valence-electron chi connectivity index (χ3n) is 3.76. The van der Waals surface area contributed by atoms with E-state index >= 15 is 0 Å². The largest absolute Gasteiger partial charge is 0.471 e. The van der Waals surface area contributed by atoms with Gasteiger partial charge >= 0.3 is 12.1 Å². The van der Waals surface area contributed by atoms with Crippen LogP contribution in [-0.2, 0) is 20.7 Å². The van der Waals surface area contributed by atoms with E-state index in [1.54, 1.807) is 4.90 Å². The number of halogens is 3. The molecule has 1 N–H and O–H groups in total. The van der Waals surface area contributed by atoms with Gasteiger partial charge in [-0.05, 0) is 18.1 Å². The first-order valence-corrected chi connectivity index (χ1v) is 7.69. The minimum Gasteiger partial charge on any atom is -0.378 e. The number of morpholine rings is 1. The molecule has 2 amide bonds. The number of amides is 2. The Bertz CT molecular complexity index is 702. The number of nitro benzene ring substituents is 1. The second-order valence-corrected chi connectivity index (χ2v) is 5.55. The number of hydrogen-bond donors (Lipinski definition) is 1. The van der Waals surface area contributed by atoms with Crippen LogP contribution in [0, 0.1) is 10.1 Å². The zero-order valence-electron chi connectivity index (χ0n) is 13.5. The lowest BCUT2D eigenvalue weighted by molar-refractivity contribution is -0.384. The van der Waals surface area contributed by atoms with Crippen molar-refractivity contribution in [2.45, 2.75) is 19.0 Å². The summed E-state index contributed by atoms with van der Waals surface area (Å²) >= 11 is 0. The Labute approximate surface area is 146 Å². The van der Waals surface area contributed by atoms with E-state index in [0.717, 1.165) is 12.1 Å². The Morgan fingerprint density at radius 3 is 2.50 bits per heavy atom. The smallest absolute Gasteiger partial charge is 0.378 e. The molecule has 1 aliphatic heterocycles. The fourth-order valence-electron chi connectivity index (χ4n) is 2.40. The van der Waals surface area contributed by atoms with E-state index in [1.807, 2.05) is 0 Å². The number of rotatable bonds is 5. The second-order valence-electron chi connectivity index (χ2n) is 5.55. The Morgan fingerprint density at radius 1 is 1.27 bits per heavy atom. The monoisotopic (exact) mass is 375 g/mol. The summed E-state index contributed by atoms with van der Waals surface area (Å²) in [5.74, 6) is -2.43. The zero-order chi connectivity index (χ0) is 19.3. The van der Waals surface area contributed by atoms with E-state index in [-0.39, 0.29) is 18.7 Å². The van der Waals surface area contributed by atoms with Crippen LogP contribution in [0.1, 0.15) is 12.0 Å².